The maximum absolute atomic E-state index is 13.0. The van der Waals surface area contributed by atoms with E-state index in [2.05, 4.69) is 20.4 Å². The van der Waals surface area contributed by atoms with Gasteiger partial charge in [0.15, 0.2) is 5.82 Å². The molecular weight excluding hydrogens is 364 g/mol. The molecule has 1 aliphatic heterocycles. The van der Waals surface area contributed by atoms with Gasteiger partial charge in [-0.3, -0.25) is 9.89 Å². The van der Waals surface area contributed by atoms with E-state index in [1.54, 1.807) is 4.90 Å². The number of H-pyrrole nitrogens is 1. The maximum Gasteiger partial charge on any atom is 0.246 e. The first-order valence-corrected chi connectivity index (χ1v) is 9.28. The number of aromatic nitrogens is 5. The van der Waals surface area contributed by atoms with E-state index < -0.39 is 0 Å². The number of nitrogens with one attached hydrogen (secondary N) is 1. The average Bonchev–Trinajstić information content (AvgIpc) is 3.19. The lowest BCUT2D eigenvalue weighted by Gasteiger charge is -2.32. The van der Waals surface area contributed by atoms with Crippen LogP contribution in [0.5, 0.6) is 0 Å². The largest absolute Gasteiger partial charge is 0.329 e. The fourth-order valence-electron chi connectivity index (χ4n) is 3.62. The number of carbonyl (C=O) groups excluding carboxylic acids is 1. The molecule has 0 unspecified atom stereocenters. The molecule has 1 amide bonds. The second-order valence-corrected chi connectivity index (χ2v) is 7.36. The summed E-state index contributed by atoms with van der Waals surface area (Å²) in [6, 6.07) is 7.24. The average molecular weight is 385 g/mol. The van der Waals surface area contributed by atoms with Crippen LogP contribution in [0.25, 0.3) is 0 Å². The zero-order chi connectivity index (χ0) is 19.1. The van der Waals surface area contributed by atoms with Crippen LogP contribution < -0.4 is 0 Å². The zero-order valence-corrected chi connectivity index (χ0v) is 16.3. The normalized spacial score (nSPS) is 16.7. The zero-order valence-electron chi connectivity index (χ0n) is 15.5. The molecule has 1 N–H and O–H groups in total. The molecule has 0 bridgehead atoms. The molecule has 27 heavy (non-hydrogen) atoms. The van der Waals surface area contributed by atoms with Crippen LogP contribution in [0.15, 0.2) is 24.3 Å². The van der Waals surface area contributed by atoms with E-state index in [9.17, 15) is 4.79 Å². The first kappa shape index (κ1) is 17.7. The number of nitrogens with zero attached hydrogens (tertiary/aromatic N) is 5. The SMILES string of the molecule is Cc1n[nH]c(C)c1Cc1nnc2n1[C@@H](C)C(=O)N(Cc1ccccc1Cl)C2. The van der Waals surface area contributed by atoms with E-state index in [0.29, 0.717) is 24.5 Å². The Labute approximate surface area is 162 Å². The van der Waals surface area contributed by atoms with Gasteiger partial charge in [0.25, 0.3) is 0 Å². The van der Waals surface area contributed by atoms with Crippen LogP contribution in [-0.4, -0.2) is 35.8 Å². The van der Waals surface area contributed by atoms with Gasteiger partial charge in [0.2, 0.25) is 5.91 Å². The second-order valence-electron chi connectivity index (χ2n) is 6.95. The first-order valence-electron chi connectivity index (χ1n) is 8.91. The van der Waals surface area contributed by atoms with Crippen molar-refractivity contribution in [1.82, 2.24) is 29.9 Å². The summed E-state index contributed by atoms with van der Waals surface area (Å²) in [5.41, 5.74) is 3.99. The Morgan fingerprint density at radius 3 is 2.74 bits per heavy atom. The quantitative estimate of drug-likeness (QED) is 0.749. The van der Waals surface area contributed by atoms with Gasteiger partial charge >= 0.3 is 0 Å². The van der Waals surface area contributed by atoms with E-state index >= 15 is 0 Å². The van der Waals surface area contributed by atoms with E-state index in [-0.39, 0.29) is 11.9 Å². The summed E-state index contributed by atoms with van der Waals surface area (Å²) in [5, 5.41) is 16.6. The van der Waals surface area contributed by atoms with Gasteiger partial charge in [-0.2, -0.15) is 5.10 Å². The summed E-state index contributed by atoms with van der Waals surface area (Å²) in [5.74, 6) is 1.63. The van der Waals surface area contributed by atoms with Crippen molar-refractivity contribution in [3.8, 4) is 0 Å². The third kappa shape index (κ3) is 3.12. The molecule has 0 saturated carbocycles. The van der Waals surface area contributed by atoms with Crippen molar-refractivity contribution in [3.05, 3.63) is 63.5 Å². The highest BCUT2D eigenvalue weighted by molar-refractivity contribution is 6.31. The summed E-state index contributed by atoms with van der Waals surface area (Å²) in [4.78, 5) is 14.8. The molecule has 0 aliphatic carbocycles. The van der Waals surface area contributed by atoms with Crippen molar-refractivity contribution in [1.29, 1.82) is 0 Å². The number of hydrogen-bond donors (Lipinski definition) is 1. The molecule has 3 aromatic rings. The minimum atomic E-state index is -0.353. The van der Waals surface area contributed by atoms with E-state index in [1.165, 1.54) is 0 Å². The van der Waals surface area contributed by atoms with Crippen molar-refractivity contribution in [2.45, 2.75) is 46.3 Å². The van der Waals surface area contributed by atoms with Crippen LogP contribution in [0.4, 0.5) is 0 Å². The van der Waals surface area contributed by atoms with Crippen molar-refractivity contribution in [2.24, 2.45) is 0 Å². The molecule has 0 fully saturated rings. The Morgan fingerprint density at radius 2 is 2.04 bits per heavy atom. The molecule has 0 radical (unpaired) electrons. The van der Waals surface area contributed by atoms with Gasteiger partial charge in [0.05, 0.1) is 12.2 Å². The van der Waals surface area contributed by atoms with Crippen molar-refractivity contribution < 1.29 is 4.79 Å². The highest BCUT2D eigenvalue weighted by atomic mass is 35.5. The fraction of sp³-hybridized carbons (Fsp3) is 0.368. The lowest BCUT2D eigenvalue weighted by molar-refractivity contribution is -0.137. The topological polar surface area (TPSA) is 79.7 Å². The Kier molecular flexibility index (Phi) is 4.47. The maximum atomic E-state index is 13.0. The molecule has 1 aromatic carbocycles. The standard InChI is InChI=1S/C19H21ClN6O/c1-11-15(12(2)22-21-11)8-17-23-24-18-10-25(19(27)13(3)26(17)18)9-14-6-4-5-7-16(14)20/h4-7,13H,8-10H2,1-3H3,(H,21,22)/t13-/m0/s1. The third-order valence-electron chi connectivity index (χ3n) is 5.16. The third-order valence-corrected chi connectivity index (χ3v) is 5.53. The predicted octanol–water partition coefficient (Wildman–Crippen LogP) is 2.97. The molecule has 8 heteroatoms. The number of carbonyl (C=O) groups is 1. The van der Waals surface area contributed by atoms with Crippen LogP contribution >= 0.6 is 11.6 Å². The van der Waals surface area contributed by atoms with Gasteiger partial charge in [0.1, 0.15) is 11.9 Å². The molecule has 1 atom stereocenters. The van der Waals surface area contributed by atoms with Gasteiger partial charge in [0, 0.05) is 29.2 Å². The second kappa shape index (κ2) is 6.81. The summed E-state index contributed by atoms with van der Waals surface area (Å²) in [6.45, 7) is 6.73. The number of amides is 1. The van der Waals surface area contributed by atoms with Gasteiger partial charge in [-0.1, -0.05) is 29.8 Å². The summed E-state index contributed by atoms with van der Waals surface area (Å²) >= 11 is 6.26. The molecule has 3 heterocycles. The van der Waals surface area contributed by atoms with Gasteiger partial charge < -0.3 is 9.47 Å². The van der Waals surface area contributed by atoms with Crippen LogP contribution in [0.1, 0.15) is 47.1 Å². The Bertz CT molecular complexity index is 988. The first-order chi connectivity index (χ1) is 13.0. The Balaban J connectivity index is 1.62. The molecule has 2 aromatic heterocycles. The van der Waals surface area contributed by atoms with Crippen molar-refractivity contribution in [3.63, 3.8) is 0 Å². The molecule has 7 nitrogen and oxygen atoms in total. The van der Waals surface area contributed by atoms with E-state index in [4.69, 9.17) is 11.6 Å². The lowest BCUT2D eigenvalue weighted by atomic mass is 10.1. The van der Waals surface area contributed by atoms with Gasteiger partial charge in [-0.05, 0) is 32.4 Å². The number of fused-ring (bicyclic) bond motifs is 1. The number of benzene rings is 1. The molecule has 1 aliphatic rings. The minimum absolute atomic E-state index is 0.0455. The van der Waals surface area contributed by atoms with Crippen molar-refractivity contribution >= 4 is 17.5 Å². The van der Waals surface area contributed by atoms with E-state index in [1.807, 2.05) is 49.6 Å². The van der Waals surface area contributed by atoms with E-state index in [0.717, 1.165) is 34.2 Å². The summed E-state index contributed by atoms with van der Waals surface area (Å²) in [6.07, 6.45) is 0.600. The van der Waals surface area contributed by atoms with Gasteiger partial charge in [-0.25, -0.2) is 0 Å². The summed E-state index contributed by atoms with van der Waals surface area (Å²) in [7, 11) is 0. The van der Waals surface area contributed by atoms with Crippen LogP contribution in [0.3, 0.4) is 0 Å². The van der Waals surface area contributed by atoms with Crippen molar-refractivity contribution in [2.75, 3.05) is 0 Å². The minimum Gasteiger partial charge on any atom is -0.329 e. The van der Waals surface area contributed by atoms with Crippen LogP contribution in [0, 0.1) is 13.8 Å². The number of rotatable bonds is 4. The Hall–Kier alpha value is -2.67. The monoisotopic (exact) mass is 384 g/mol. The number of halogens is 1. The Morgan fingerprint density at radius 1 is 1.26 bits per heavy atom. The lowest BCUT2D eigenvalue weighted by Crippen LogP contribution is -2.41. The summed E-state index contributed by atoms with van der Waals surface area (Å²) < 4.78 is 1.96. The smallest absolute Gasteiger partial charge is 0.246 e. The fourth-order valence-corrected chi connectivity index (χ4v) is 3.81. The van der Waals surface area contributed by atoms with Crippen LogP contribution in [0.2, 0.25) is 5.02 Å². The number of aromatic amines is 1. The number of hydrogen-bond acceptors (Lipinski definition) is 4. The molecular formula is C19H21ClN6O. The highest BCUT2D eigenvalue weighted by Gasteiger charge is 2.33. The molecule has 4 rings (SSSR count). The molecule has 0 spiro atoms. The highest BCUT2D eigenvalue weighted by Crippen LogP contribution is 2.27. The van der Waals surface area contributed by atoms with Crippen LogP contribution in [-0.2, 0) is 24.3 Å². The number of aryl methyl sites for hydroxylation is 2. The predicted molar refractivity (Wildman–Crippen MR) is 101 cm³/mol. The molecule has 0 saturated heterocycles. The van der Waals surface area contributed by atoms with Gasteiger partial charge in [-0.15, -0.1) is 10.2 Å². The molecule has 140 valence electrons.